The van der Waals surface area contributed by atoms with Gasteiger partial charge in [0, 0.05) is 19.0 Å². The van der Waals surface area contributed by atoms with E-state index in [2.05, 4.69) is 4.90 Å². The predicted molar refractivity (Wildman–Crippen MR) is 37.6 cm³/mol. The second-order valence-electron chi connectivity index (χ2n) is 3.03. The van der Waals surface area contributed by atoms with E-state index >= 15 is 0 Å². The minimum atomic E-state index is -0.416. The van der Waals surface area contributed by atoms with E-state index in [1.165, 1.54) is 0 Å². The fourth-order valence-electron chi connectivity index (χ4n) is 1.35. The molecule has 0 saturated carbocycles. The van der Waals surface area contributed by atoms with Crippen LogP contribution in [0.3, 0.4) is 0 Å². The Hall–Kier alpha value is -0.150. The maximum atomic E-state index is 12.1. The summed E-state index contributed by atoms with van der Waals surface area (Å²) in [4.78, 5) is 2.05. The first-order chi connectivity index (χ1) is 4.74. The third-order valence-corrected chi connectivity index (χ3v) is 2.10. The summed E-state index contributed by atoms with van der Waals surface area (Å²) in [6.07, 6.45) is 0.298. The summed E-state index contributed by atoms with van der Waals surface area (Å²) in [5, 5.41) is 9.22. The van der Waals surface area contributed by atoms with E-state index in [1.54, 1.807) is 0 Å². The summed E-state index contributed by atoms with van der Waals surface area (Å²) in [7, 11) is 1.95. The minimum absolute atomic E-state index is 0.154. The molecule has 0 aromatic rings. The van der Waals surface area contributed by atoms with Gasteiger partial charge < -0.3 is 10.0 Å². The Morgan fingerprint density at radius 1 is 1.70 bits per heavy atom. The number of aliphatic hydroxyl groups is 1. The first kappa shape index (κ1) is 7.95. The first-order valence-corrected chi connectivity index (χ1v) is 3.66. The number of aliphatic hydroxyl groups excluding tert-OH is 1. The van der Waals surface area contributed by atoms with Crippen molar-refractivity contribution < 1.29 is 9.50 Å². The fourth-order valence-corrected chi connectivity index (χ4v) is 1.35. The molecule has 10 heavy (non-hydrogen) atoms. The number of alkyl halides is 1. The summed E-state index contributed by atoms with van der Waals surface area (Å²) >= 11 is 0. The highest BCUT2D eigenvalue weighted by Gasteiger charge is 2.25. The summed E-state index contributed by atoms with van der Waals surface area (Å²) in [5.41, 5.74) is 0. The summed E-state index contributed by atoms with van der Waals surface area (Å²) in [5.74, 6) is -0.154. The molecule has 2 unspecified atom stereocenters. The highest BCUT2D eigenvalue weighted by molar-refractivity contribution is 4.77. The molecule has 2 atom stereocenters. The van der Waals surface area contributed by atoms with Gasteiger partial charge in [-0.1, -0.05) is 0 Å². The van der Waals surface area contributed by atoms with Gasteiger partial charge in [0.05, 0.1) is 12.8 Å². The van der Waals surface area contributed by atoms with Crippen LogP contribution in [-0.4, -0.2) is 42.9 Å². The topological polar surface area (TPSA) is 23.5 Å². The van der Waals surface area contributed by atoms with Gasteiger partial charge >= 0.3 is 0 Å². The number of likely N-dealkylation sites (tertiary alicyclic amines) is 1. The Morgan fingerprint density at radius 2 is 2.40 bits per heavy atom. The maximum absolute atomic E-state index is 12.1. The van der Waals surface area contributed by atoms with Crippen LogP contribution in [0.25, 0.3) is 0 Å². The van der Waals surface area contributed by atoms with Crippen molar-refractivity contribution >= 4 is 0 Å². The van der Waals surface area contributed by atoms with Crippen molar-refractivity contribution in [2.24, 2.45) is 5.92 Å². The molecule has 1 fully saturated rings. The van der Waals surface area contributed by atoms with Crippen LogP contribution in [-0.2, 0) is 0 Å². The van der Waals surface area contributed by atoms with Gasteiger partial charge in [0.2, 0.25) is 0 Å². The van der Waals surface area contributed by atoms with E-state index in [-0.39, 0.29) is 5.92 Å². The lowest BCUT2D eigenvalue weighted by atomic mass is 9.97. The molecule has 1 aliphatic rings. The number of rotatable bonds is 1. The van der Waals surface area contributed by atoms with Gasteiger partial charge in [-0.15, -0.1) is 0 Å². The molecular formula is C7H14FNO. The van der Waals surface area contributed by atoms with Crippen molar-refractivity contribution in [1.29, 1.82) is 0 Å². The van der Waals surface area contributed by atoms with Crippen LogP contribution < -0.4 is 0 Å². The third kappa shape index (κ3) is 1.67. The molecule has 60 valence electrons. The first-order valence-electron chi connectivity index (χ1n) is 3.66. The van der Waals surface area contributed by atoms with Crippen molar-refractivity contribution in [2.45, 2.75) is 12.5 Å². The standard InChI is InChI=1S/C7H14FNO/c1-9-3-2-7(10)6(4-8)5-9/h6-7,10H,2-5H2,1H3. The molecule has 1 heterocycles. The number of hydrogen-bond acceptors (Lipinski definition) is 2. The van der Waals surface area contributed by atoms with Crippen molar-refractivity contribution in [3.05, 3.63) is 0 Å². The lowest BCUT2D eigenvalue weighted by Gasteiger charge is -2.32. The summed E-state index contributed by atoms with van der Waals surface area (Å²) in [6, 6.07) is 0. The van der Waals surface area contributed by atoms with E-state index in [1.807, 2.05) is 7.05 Å². The molecule has 0 aromatic heterocycles. The lowest BCUT2D eigenvalue weighted by Crippen LogP contribution is -2.41. The van der Waals surface area contributed by atoms with Crippen molar-refractivity contribution in [3.63, 3.8) is 0 Å². The molecule has 3 heteroatoms. The van der Waals surface area contributed by atoms with E-state index in [0.29, 0.717) is 13.0 Å². The number of hydrogen-bond donors (Lipinski definition) is 1. The quantitative estimate of drug-likeness (QED) is 0.575. The van der Waals surface area contributed by atoms with E-state index in [4.69, 9.17) is 0 Å². The Bertz CT molecular complexity index is 110. The van der Waals surface area contributed by atoms with Crippen molar-refractivity contribution in [1.82, 2.24) is 4.90 Å². The molecule has 0 aliphatic carbocycles. The van der Waals surface area contributed by atoms with Gasteiger partial charge in [0.1, 0.15) is 0 Å². The molecule has 0 bridgehead atoms. The Kier molecular flexibility index (Phi) is 2.63. The van der Waals surface area contributed by atoms with Gasteiger partial charge in [-0.05, 0) is 13.5 Å². The second-order valence-corrected chi connectivity index (χ2v) is 3.03. The molecule has 1 saturated heterocycles. The summed E-state index contributed by atoms with van der Waals surface area (Å²) in [6.45, 7) is 1.18. The molecule has 0 radical (unpaired) electrons. The van der Waals surface area contributed by atoms with Gasteiger partial charge in [-0.3, -0.25) is 4.39 Å². The van der Waals surface area contributed by atoms with E-state index in [9.17, 15) is 9.50 Å². The highest BCUT2D eigenvalue weighted by atomic mass is 19.1. The van der Waals surface area contributed by atoms with Gasteiger partial charge in [-0.2, -0.15) is 0 Å². The average Bonchev–Trinajstić information content (AvgIpc) is 1.94. The Morgan fingerprint density at radius 3 is 2.90 bits per heavy atom. The largest absolute Gasteiger partial charge is 0.393 e. The van der Waals surface area contributed by atoms with Crippen LogP contribution in [0.4, 0.5) is 4.39 Å². The van der Waals surface area contributed by atoms with Crippen LogP contribution in [0.1, 0.15) is 6.42 Å². The Labute approximate surface area is 60.6 Å². The number of halogens is 1. The molecule has 0 spiro atoms. The van der Waals surface area contributed by atoms with Crippen LogP contribution in [0.15, 0.2) is 0 Å². The molecule has 0 aromatic carbocycles. The molecule has 1 N–H and O–H groups in total. The van der Waals surface area contributed by atoms with Crippen LogP contribution in [0, 0.1) is 5.92 Å². The lowest BCUT2D eigenvalue weighted by molar-refractivity contribution is 0.0249. The minimum Gasteiger partial charge on any atom is -0.393 e. The normalized spacial score (nSPS) is 36.3. The van der Waals surface area contributed by atoms with Crippen molar-refractivity contribution in [2.75, 3.05) is 26.8 Å². The van der Waals surface area contributed by atoms with Crippen LogP contribution >= 0.6 is 0 Å². The highest BCUT2D eigenvalue weighted by Crippen LogP contribution is 2.15. The number of nitrogens with zero attached hydrogens (tertiary/aromatic N) is 1. The average molecular weight is 147 g/mol. The SMILES string of the molecule is CN1CCC(O)C(CF)C1. The smallest absolute Gasteiger partial charge is 0.0959 e. The predicted octanol–water partition coefficient (Wildman–Crippen LogP) is 0.269. The molecule has 2 nitrogen and oxygen atoms in total. The number of piperidine rings is 1. The van der Waals surface area contributed by atoms with Crippen LogP contribution in [0.5, 0.6) is 0 Å². The zero-order chi connectivity index (χ0) is 7.56. The molecule has 0 amide bonds. The maximum Gasteiger partial charge on any atom is 0.0959 e. The van der Waals surface area contributed by atoms with Gasteiger partial charge in [-0.25, -0.2) is 0 Å². The van der Waals surface area contributed by atoms with E-state index in [0.717, 1.165) is 6.54 Å². The second kappa shape index (κ2) is 3.30. The summed E-state index contributed by atoms with van der Waals surface area (Å²) < 4.78 is 12.1. The zero-order valence-corrected chi connectivity index (χ0v) is 6.26. The van der Waals surface area contributed by atoms with Gasteiger partial charge in [0.25, 0.3) is 0 Å². The molecule has 1 aliphatic heterocycles. The monoisotopic (exact) mass is 147 g/mol. The van der Waals surface area contributed by atoms with Crippen LogP contribution in [0.2, 0.25) is 0 Å². The van der Waals surface area contributed by atoms with E-state index < -0.39 is 12.8 Å². The fraction of sp³-hybridized carbons (Fsp3) is 1.00. The van der Waals surface area contributed by atoms with Gasteiger partial charge in [0.15, 0.2) is 0 Å². The molecule has 1 rings (SSSR count). The molecular weight excluding hydrogens is 133 g/mol. The zero-order valence-electron chi connectivity index (χ0n) is 6.26. The Balaban J connectivity index is 2.38. The van der Waals surface area contributed by atoms with Crippen molar-refractivity contribution in [3.8, 4) is 0 Å². The third-order valence-electron chi connectivity index (χ3n) is 2.10.